The van der Waals surface area contributed by atoms with Crippen molar-refractivity contribution in [3.63, 3.8) is 0 Å². The maximum Gasteiger partial charge on any atom is 0.417 e. The number of hydrogen-bond donors (Lipinski definition) is 1. The van der Waals surface area contributed by atoms with Crippen LogP contribution in [0.25, 0.3) is 0 Å². The smallest absolute Gasteiger partial charge is 0.341 e. The molecule has 0 spiro atoms. The van der Waals surface area contributed by atoms with E-state index in [4.69, 9.17) is 0 Å². The van der Waals surface area contributed by atoms with E-state index < -0.39 is 41.5 Å². The first-order valence-electron chi connectivity index (χ1n) is 7.20. The Labute approximate surface area is 144 Å². The maximum absolute atomic E-state index is 12.9. The number of hydrogen-bond acceptors (Lipinski definition) is 1. The first-order chi connectivity index (χ1) is 12.1. The van der Waals surface area contributed by atoms with Gasteiger partial charge in [0.05, 0.1) is 23.2 Å². The lowest BCUT2D eigenvalue weighted by molar-refractivity contribution is -0.138. The fraction of sp³-hybridized carbons (Fsp3) is 0.167. The van der Waals surface area contributed by atoms with Gasteiger partial charge in [-0.25, -0.2) is 0 Å². The largest absolute Gasteiger partial charge is 0.417 e. The van der Waals surface area contributed by atoms with Crippen molar-refractivity contribution >= 4 is 5.91 Å². The van der Waals surface area contributed by atoms with E-state index >= 15 is 0 Å². The zero-order chi connectivity index (χ0) is 19.4. The maximum atomic E-state index is 12.9. The van der Waals surface area contributed by atoms with Crippen molar-refractivity contribution in [2.24, 2.45) is 0 Å². The molecule has 136 valence electrons. The number of carbonyl (C=O) groups is 1. The molecule has 26 heavy (non-hydrogen) atoms. The summed E-state index contributed by atoms with van der Waals surface area (Å²) in [6.45, 7) is -0.406. The quantitative estimate of drug-likeness (QED) is 0.611. The summed E-state index contributed by atoms with van der Waals surface area (Å²) >= 11 is 0. The van der Waals surface area contributed by atoms with E-state index in [2.05, 4.69) is 17.2 Å². The second-order valence-corrected chi connectivity index (χ2v) is 5.07. The van der Waals surface area contributed by atoms with Crippen molar-refractivity contribution in [2.45, 2.75) is 12.4 Å². The van der Waals surface area contributed by atoms with Crippen LogP contribution < -0.4 is 5.32 Å². The van der Waals surface area contributed by atoms with Crippen LogP contribution in [0.15, 0.2) is 48.5 Å². The Kier molecular flexibility index (Phi) is 5.60. The van der Waals surface area contributed by atoms with Gasteiger partial charge >= 0.3 is 12.4 Å². The summed E-state index contributed by atoms with van der Waals surface area (Å²) in [6.07, 6.45) is -9.29. The summed E-state index contributed by atoms with van der Waals surface area (Å²) in [5, 5.41) is 2.15. The number of amides is 1. The topological polar surface area (TPSA) is 29.1 Å². The average Bonchev–Trinajstić information content (AvgIpc) is 2.57. The number of benzene rings is 2. The van der Waals surface area contributed by atoms with Crippen molar-refractivity contribution < 1.29 is 31.1 Å². The molecule has 0 radical (unpaired) electrons. The van der Waals surface area contributed by atoms with Gasteiger partial charge in [-0.05, 0) is 24.3 Å². The molecule has 0 aromatic heterocycles. The lowest BCUT2D eigenvalue weighted by Crippen LogP contribution is -2.26. The summed E-state index contributed by atoms with van der Waals surface area (Å²) in [5.41, 5.74) is -2.91. The average molecular weight is 371 g/mol. The normalized spacial score (nSPS) is 11.5. The Morgan fingerprint density at radius 1 is 0.846 bits per heavy atom. The molecular formula is C18H11F6NO. The van der Waals surface area contributed by atoms with Gasteiger partial charge in [0.1, 0.15) is 0 Å². The van der Waals surface area contributed by atoms with Crippen LogP contribution in [0.3, 0.4) is 0 Å². The molecule has 0 fully saturated rings. The van der Waals surface area contributed by atoms with Crippen LogP contribution in [0.4, 0.5) is 26.3 Å². The zero-order valence-corrected chi connectivity index (χ0v) is 13.0. The van der Waals surface area contributed by atoms with Gasteiger partial charge in [0, 0.05) is 5.56 Å². The summed E-state index contributed by atoms with van der Waals surface area (Å²) < 4.78 is 77.0. The molecule has 0 aliphatic rings. The van der Waals surface area contributed by atoms with E-state index in [-0.39, 0.29) is 5.56 Å². The van der Waals surface area contributed by atoms with Gasteiger partial charge in [0.25, 0.3) is 5.91 Å². The number of nitrogens with one attached hydrogen (secondary N) is 1. The molecule has 2 aromatic carbocycles. The highest BCUT2D eigenvalue weighted by Gasteiger charge is 2.35. The Bertz CT molecular complexity index is 858. The fourth-order valence-corrected chi connectivity index (χ4v) is 2.13. The van der Waals surface area contributed by atoms with Gasteiger partial charge in [-0.15, -0.1) is 0 Å². The molecular weight excluding hydrogens is 360 g/mol. The Morgan fingerprint density at radius 2 is 1.38 bits per heavy atom. The molecule has 0 unspecified atom stereocenters. The summed E-state index contributed by atoms with van der Waals surface area (Å²) in [4.78, 5) is 11.9. The standard InChI is InChI=1S/C18H11F6NO/c19-17(20,21)14-9-3-1-6-12(14)7-5-11-25-16(26)13-8-2-4-10-15(13)18(22,23)24/h1-4,6,8-10H,11H2,(H,25,26). The molecule has 2 rings (SSSR count). The third-order valence-corrected chi connectivity index (χ3v) is 3.27. The van der Waals surface area contributed by atoms with Gasteiger partial charge in [0.15, 0.2) is 0 Å². The minimum absolute atomic E-state index is 0.287. The first-order valence-corrected chi connectivity index (χ1v) is 7.20. The van der Waals surface area contributed by atoms with E-state index in [1.807, 2.05) is 0 Å². The van der Waals surface area contributed by atoms with Crippen LogP contribution in [-0.2, 0) is 12.4 Å². The number of rotatable bonds is 2. The SMILES string of the molecule is O=C(NCC#Cc1ccccc1C(F)(F)F)c1ccccc1C(F)(F)F. The van der Waals surface area contributed by atoms with Crippen molar-refractivity contribution in [1.29, 1.82) is 0 Å². The van der Waals surface area contributed by atoms with E-state index in [0.29, 0.717) is 0 Å². The third kappa shape index (κ3) is 4.79. The molecule has 2 aromatic rings. The predicted octanol–water partition coefficient (Wildman–Crippen LogP) is 4.51. The highest BCUT2D eigenvalue weighted by Crippen LogP contribution is 2.32. The second kappa shape index (κ2) is 7.52. The van der Waals surface area contributed by atoms with E-state index in [1.54, 1.807) is 0 Å². The van der Waals surface area contributed by atoms with Gasteiger partial charge in [-0.3, -0.25) is 4.79 Å². The van der Waals surface area contributed by atoms with Crippen LogP contribution in [0, 0.1) is 11.8 Å². The molecule has 0 atom stereocenters. The van der Waals surface area contributed by atoms with Gasteiger partial charge in [-0.1, -0.05) is 36.1 Å². The van der Waals surface area contributed by atoms with Crippen LogP contribution in [0.5, 0.6) is 0 Å². The summed E-state index contributed by atoms with van der Waals surface area (Å²) in [7, 11) is 0. The van der Waals surface area contributed by atoms with Crippen molar-refractivity contribution in [3.8, 4) is 11.8 Å². The number of carbonyl (C=O) groups excluding carboxylic acids is 1. The number of alkyl halides is 6. The lowest BCUT2D eigenvalue weighted by Gasteiger charge is -2.11. The molecule has 0 aliphatic heterocycles. The van der Waals surface area contributed by atoms with E-state index in [0.717, 1.165) is 30.3 Å². The van der Waals surface area contributed by atoms with Crippen molar-refractivity contribution in [3.05, 3.63) is 70.8 Å². The monoisotopic (exact) mass is 371 g/mol. The van der Waals surface area contributed by atoms with Crippen LogP contribution >= 0.6 is 0 Å². The Hall–Kier alpha value is -2.95. The minimum atomic E-state index is -4.70. The molecule has 0 saturated heterocycles. The van der Waals surface area contributed by atoms with Crippen molar-refractivity contribution in [1.82, 2.24) is 5.32 Å². The third-order valence-electron chi connectivity index (χ3n) is 3.27. The summed E-state index contributed by atoms with van der Waals surface area (Å²) in [6, 6.07) is 8.80. The molecule has 1 amide bonds. The van der Waals surface area contributed by atoms with Crippen LogP contribution in [-0.4, -0.2) is 12.5 Å². The van der Waals surface area contributed by atoms with E-state index in [1.165, 1.54) is 18.2 Å². The van der Waals surface area contributed by atoms with Crippen LogP contribution in [0.1, 0.15) is 27.0 Å². The zero-order valence-electron chi connectivity index (χ0n) is 13.0. The van der Waals surface area contributed by atoms with Gasteiger partial charge in [-0.2, -0.15) is 26.3 Å². The van der Waals surface area contributed by atoms with E-state index in [9.17, 15) is 31.1 Å². The lowest BCUT2D eigenvalue weighted by atomic mass is 10.1. The van der Waals surface area contributed by atoms with Crippen molar-refractivity contribution in [2.75, 3.05) is 6.54 Å². The molecule has 0 saturated carbocycles. The fourth-order valence-electron chi connectivity index (χ4n) is 2.13. The molecule has 0 aliphatic carbocycles. The first kappa shape index (κ1) is 19.4. The second-order valence-electron chi connectivity index (χ2n) is 5.07. The highest BCUT2D eigenvalue weighted by atomic mass is 19.4. The minimum Gasteiger partial charge on any atom is -0.341 e. The molecule has 8 heteroatoms. The Balaban J connectivity index is 2.12. The number of halogens is 6. The molecule has 0 bridgehead atoms. The molecule has 1 N–H and O–H groups in total. The van der Waals surface area contributed by atoms with Crippen LogP contribution in [0.2, 0.25) is 0 Å². The van der Waals surface area contributed by atoms with Gasteiger partial charge in [0.2, 0.25) is 0 Å². The molecule has 2 nitrogen and oxygen atoms in total. The predicted molar refractivity (Wildman–Crippen MR) is 82.1 cm³/mol. The molecule has 0 heterocycles. The summed E-state index contributed by atoms with van der Waals surface area (Å²) in [5.74, 6) is 3.56. The van der Waals surface area contributed by atoms with Gasteiger partial charge < -0.3 is 5.32 Å². The highest BCUT2D eigenvalue weighted by molar-refractivity contribution is 5.96. The Morgan fingerprint density at radius 3 is 2.00 bits per heavy atom.